The minimum Gasteiger partial charge on any atom is -0.373 e. The number of nitrogens with one attached hydrogen (secondary N) is 1. The van der Waals surface area contributed by atoms with Crippen LogP contribution in [0.5, 0.6) is 0 Å². The van der Waals surface area contributed by atoms with Crippen molar-refractivity contribution in [3.05, 3.63) is 34.1 Å². The molecule has 4 heteroatoms. The molecule has 1 aromatic carbocycles. The van der Waals surface area contributed by atoms with Crippen LogP contribution >= 0.6 is 15.9 Å². The Morgan fingerprint density at radius 3 is 2.80 bits per heavy atom. The fourth-order valence-corrected chi connectivity index (χ4v) is 1.98. The molecule has 1 heterocycles. The highest BCUT2D eigenvalue weighted by molar-refractivity contribution is 9.10. The largest absolute Gasteiger partial charge is 0.373 e. The second kappa shape index (κ2) is 3.77. The molecule has 0 aliphatic carbocycles. The molecule has 0 unspecified atom stereocenters. The van der Waals surface area contributed by atoms with Crippen LogP contribution in [0.25, 0.3) is 10.9 Å². The first-order valence-electron chi connectivity index (χ1n) is 4.56. The zero-order valence-electron chi connectivity index (χ0n) is 8.44. The lowest BCUT2D eigenvalue weighted by Gasteiger charge is -2.08. The quantitative estimate of drug-likeness (QED) is 0.857. The van der Waals surface area contributed by atoms with Crippen LogP contribution in [-0.2, 0) is 0 Å². The van der Waals surface area contributed by atoms with E-state index < -0.39 is 0 Å². The van der Waals surface area contributed by atoms with Gasteiger partial charge in [-0.2, -0.15) is 0 Å². The summed E-state index contributed by atoms with van der Waals surface area (Å²) in [6.45, 7) is 1.90. The predicted octanol–water partition coefficient (Wildman–Crippen LogP) is 3.49. The average Bonchev–Trinajstić information content (AvgIpc) is 2.23. The van der Waals surface area contributed by atoms with Gasteiger partial charge in [-0.3, -0.25) is 0 Å². The van der Waals surface area contributed by atoms with Gasteiger partial charge in [-0.15, -0.1) is 0 Å². The summed E-state index contributed by atoms with van der Waals surface area (Å²) in [5.74, 6) is 0.528. The molecule has 0 radical (unpaired) electrons. The molecule has 0 spiro atoms. The third-order valence-corrected chi connectivity index (χ3v) is 2.95. The normalized spacial score (nSPS) is 10.7. The Labute approximate surface area is 95.6 Å². The van der Waals surface area contributed by atoms with Gasteiger partial charge >= 0.3 is 0 Å². The summed E-state index contributed by atoms with van der Waals surface area (Å²) in [4.78, 5) is 4.36. The summed E-state index contributed by atoms with van der Waals surface area (Å²) in [5.41, 5.74) is 1.58. The second-order valence-corrected chi connectivity index (χ2v) is 4.18. The first kappa shape index (κ1) is 10.4. The number of rotatable bonds is 1. The highest BCUT2D eigenvalue weighted by atomic mass is 79.9. The maximum atomic E-state index is 13.5. The maximum absolute atomic E-state index is 13.5. The topological polar surface area (TPSA) is 24.9 Å². The predicted molar refractivity (Wildman–Crippen MR) is 63.7 cm³/mol. The summed E-state index contributed by atoms with van der Waals surface area (Å²) in [7, 11) is 1.80. The fraction of sp³-hybridized carbons (Fsp3) is 0.182. The van der Waals surface area contributed by atoms with Crippen LogP contribution < -0.4 is 5.32 Å². The molecule has 0 bridgehead atoms. The Balaban J connectivity index is 2.86. The minimum absolute atomic E-state index is 0.244. The van der Waals surface area contributed by atoms with Crippen LogP contribution in [0.3, 0.4) is 0 Å². The number of aryl methyl sites for hydroxylation is 1. The van der Waals surface area contributed by atoms with Gasteiger partial charge in [0.25, 0.3) is 0 Å². The Morgan fingerprint density at radius 1 is 1.40 bits per heavy atom. The van der Waals surface area contributed by atoms with Crippen molar-refractivity contribution in [1.82, 2.24) is 4.98 Å². The van der Waals surface area contributed by atoms with E-state index in [4.69, 9.17) is 0 Å². The molecule has 0 atom stereocenters. The van der Waals surface area contributed by atoms with E-state index in [1.54, 1.807) is 19.2 Å². The zero-order valence-corrected chi connectivity index (χ0v) is 10.0. The molecule has 0 amide bonds. The highest BCUT2D eigenvalue weighted by Gasteiger charge is 2.08. The molecule has 0 saturated heterocycles. The Kier molecular flexibility index (Phi) is 2.61. The third kappa shape index (κ3) is 1.69. The monoisotopic (exact) mass is 268 g/mol. The number of nitrogens with zero attached hydrogens (tertiary/aromatic N) is 1. The smallest absolute Gasteiger partial charge is 0.132 e. The van der Waals surface area contributed by atoms with Crippen LogP contribution in [0.4, 0.5) is 10.2 Å². The van der Waals surface area contributed by atoms with Crippen LogP contribution in [0.15, 0.2) is 22.7 Å². The Bertz CT molecular complexity index is 525. The number of fused-ring (bicyclic) bond motifs is 1. The lowest BCUT2D eigenvalue weighted by Crippen LogP contribution is -1.97. The van der Waals surface area contributed by atoms with Crippen LogP contribution in [0.1, 0.15) is 5.56 Å². The summed E-state index contributed by atoms with van der Waals surface area (Å²) < 4.78 is 14.3. The SMILES string of the molecule is CNc1nc2c(Br)ccc(F)c2cc1C. The molecule has 2 rings (SSSR count). The molecule has 2 aromatic rings. The molecule has 1 N–H and O–H groups in total. The summed E-state index contributed by atoms with van der Waals surface area (Å²) in [6, 6.07) is 4.90. The number of halogens is 2. The summed E-state index contributed by atoms with van der Waals surface area (Å²) in [6.07, 6.45) is 0. The molecule has 0 aliphatic rings. The van der Waals surface area contributed by atoms with E-state index in [2.05, 4.69) is 26.2 Å². The first-order chi connectivity index (χ1) is 7.13. The first-order valence-corrected chi connectivity index (χ1v) is 5.36. The lowest BCUT2D eigenvalue weighted by molar-refractivity contribution is 0.639. The molecular weight excluding hydrogens is 259 g/mol. The van der Waals surface area contributed by atoms with Crippen molar-refractivity contribution in [3.63, 3.8) is 0 Å². The van der Waals surface area contributed by atoms with Crippen molar-refractivity contribution in [3.8, 4) is 0 Å². The summed E-state index contributed by atoms with van der Waals surface area (Å²) >= 11 is 3.36. The van der Waals surface area contributed by atoms with Crippen LogP contribution in [0.2, 0.25) is 0 Å². The van der Waals surface area contributed by atoms with Gasteiger partial charge in [0.05, 0.1) is 5.52 Å². The van der Waals surface area contributed by atoms with Crippen molar-refractivity contribution in [2.45, 2.75) is 6.92 Å². The maximum Gasteiger partial charge on any atom is 0.132 e. The molecule has 0 fully saturated rings. The van der Waals surface area contributed by atoms with Gasteiger partial charge in [0.2, 0.25) is 0 Å². The van der Waals surface area contributed by atoms with Crippen LogP contribution in [-0.4, -0.2) is 12.0 Å². The van der Waals surface area contributed by atoms with Crippen molar-refractivity contribution < 1.29 is 4.39 Å². The summed E-state index contributed by atoms with van der Waals surface area (Å²) in [5, 5.41) is 3.52. The molecule has 15 heavy (non-hydrogen) atoms. The molecule has 1 aromatic heterocycles. The van der Waals surface area contributed by atoms with Gasteiger partial charge in [0.1, 0.15) is 11.6 Å². The Hall–Kier alpha value is -1.16. The van der Waals surface area contributed by atoms with Gasteiger partial charge in [0.15, 0.2) is 0 Å². The van der Waals surface area contributed by atoms with E-state index in [1.807, 2.05) is 6.92 Å². The van der Waals surface area contributed by atoms with E-state index in [-0.39, 0.29) is 5.82 Å². The molecule has 78 valence electrons. The zero-order chi connectivity index (χ0) is 11.0. The van der Waals surface area contributed by atoms with E-state index in [1.165, 1.54) is 6.07 Å². The van der Waals surface area contributed by atoms with Gasteiger partial charge < -0.3 is 5.32 Å². The van der Waals surface area contributed by atoms with Crippen molar-refractivity contribution in [2.24, 2.45) is 0 Å². The van der Waals surface area contributed by atoms with E-state index in [0.717, 1.165) is 15.9 Å². The minimum atomic E-state index is -0.244. The van der Waals surface area contributed by atoms with E-state index in [0.29, 0.717) is 10.9 Å². The highest BCUT2D eigenvalue weighted by Crippen LogP contribution is 2.27. The number of hydrogen-bond acceptors (Lipinski definition) is 2. The van der Waals surface area contributed by atoms with E-state index in [9.17, 15) is 4.39 Å². The van der Waals surface area contributed by atoms with Crippen molar-refractivity contribution >= 4 is 32.7 Å². The Morgan fingerprint density at radius 2 is 2.13 bits per heavy atom. The van der Waals surface area contributed by atoms with Gasteiger partial charge in [0, 0.05) is 16.9 Å². The number of anilines is 1. The number of pyridine rings is 1. The number of benzene rings is 1. The molecular formula is C11H10BrFN2. The molecule has 0 saturated carbocycles. The fourth-order valence-electron chi connectivity index (χ4n) is 1.55. The average molecular weight is 269 g/mol. The second-order valence-electron chi connectivity index (χ2n) is 3.33. The van der Waals surface area contributed by atoms with Crippen molar-refractivity contribution in [1.29, 1.82) is 0 Å². The molecule has 0 aliphatic heterocycles. The third-order valence-electron chi connectivity index (χ3n) is 2.31. The van der Waals surface area contributed by atoms with Gasteiger partial charge in [-0.05, 0) is 46.6 Å². The van der Waals surface area contributed by atoms with E-state index >= 15 is 0 Å². The lowest BCUT2D eigenvalue weighted by atomic mass is 10.1. The number of hydrogen-bond donors (Lipinski definition) is 1. The van der Waals surface area contributed by atoms with Crippen molar-refractivity contribution in [2.75, 3.05) is 12.4 Å². The van der Waals surface area contributed by atoms with Gasteiger partial charge in [-0.1, -0.05) is 0 Å². The molecule has 2 nitrogen and oxygen atoms in total. The number of aromatic nitrogens is 1. The van der Waals surface area contributed by atoms with Crippen LogP contribution in [0, 0.1) is 12.7 Å². The standard InChI is InChI=1S/C11H10BrFN2/c1-6-5-7-9(13)4-3-8(12)10(7)15-11(6)14-2/h3-5H,1-2H3,(H,14,15). The van der Waals surface area contributed by atoms with Gasteiger partial charge in [-0.25, -0.2) is 9.37 Å².